The minimum absolute atomic E-state index is 0.181. The van der Waals surface area contributed by atoms with Gasteiger partial charge in [-0.3, -0.25) is 4.79 Å². The summed E-state index contributed by atoms with van der Waals surface area (Å²) >= 11 is 0. The van der Waals surface area contributed by atoms with E-state index in [1.807, 2.05) is 24.3 Å². The number of fused-ring (bicyclic) bond motifs is 1. The summed E-state index contributed by atoms with van der Waals surface area (Å²) in [6.45, 7) is 0. The summed E-state index contributed by atoms with van der Waals surface area (Å²) in [4.78, 5) is 10.1. The van der Waals surface area contributed by atoms with Crippen LogP contribution in [-0.4, -0.2) is 12.7 Å². The molecule has 0 spiro atoms. The lowest BCUT2D eigenvalue weighted by molar-refractivity contribution is -0.109. The van der Waals surface area contributed by atoms with E-state index in [-0.39, 0.29) is 6.29 Å². The highest BCUT2D eigenvalue weighted by atomic mass is 16.1. The van der Waals surface area contributed by atoms with Crippen LogP contribution in [0.1, 0.15) is 0 Å². The topological polar surface area (TPSA) is 53.2 Å². The average Bonchev–Trinajstić information content (AvgIpc) is 2.47. The highest BCUT2D eigenvalue weighted by molar-refractivity contribution is 5.74. The van der Waals surface area contributed by atoms with Crippen molar-refractivity contribution in [1.82, 2.24) is 5.32 Å². The van der Waals surface area contributed by atoms with E-state index in [0.29, 0.717) is 6.41 Å². The molecule has 12 heavy (non-hydrogen) atoms. The Morgan fingerprint density at radius 3 is 2.33 bits per heavy atom. The van der Waals surface area contributed by atoms with Crippen LogP contribution in [-0.2, 0) is 4.79 Å². The van der Waals surface area contributed by atoms with E-state index >= 15 is 0 Å². The van der Waals surface area contributed by atoms with Crippen LogP contribution < -0.4 is 16.0 Å². The van der Waals surface area contributed by atoms with Crippen LogP contribution in [0.5, 0.6) is 0 Å². The second-order valence-electron chi connectivity index (χ2n) is 2.55. The summed E-state index contributed by atoms with van der Waals surface area (Å²) < 4.78 is 0. The SMILES string of the molecule is O=CNC1Nc2ccccc2N1. The van der Waals surface area contributed by atoms with Crippen molar-refractivity contribution in [3.63, 3.8) is 0 Å². The molecule has 0 aliphatic carbocycles. The number of rotatable bonds is 2. The maximum absolute atomic E-state index is 10.1. The van der Waals surface area contributed by atoms with Crippen molar-refractivity contribution in [2.24, 2.45) is 0 Å². The number of anilines is 2. The van der Waals surface area contributed by atoms with Crippen LogP contribution in [0.15, 0.2) is 24.3 Å². The molecule has 2 rings (SSSR count). The molecule has 0 fully saturated rings. The van der Waals surface area contributed by atoms with Gasteiger partial charge in [-0.2, -0.15) is 0 Å². The van der Waals surface area contributed by atoms with Crippen LogP contribution >= 0.6 is 0 Å². The molecule has 0 atom stereocenters. The van der Waals surface area contributed by atoms with Crippen LogP contribution in [0.4, 0.5) is 11.4 Å². The molecular formula is C8H9N3O. The monoisotopic (exact) mass is 163 g/mol. The smallest absolute Gasteiger partial charge is 0.210 e. The number of benzene rings is 1. The number of nitrogens with one attached hydrogen (secondary N) is 3. The highest BCUT2D eigenvalue weighted by Crippen LogP contribution is 2.26. The van der Waals surface area contributed by atoms with Gasteiger partial charge in [-0.25, -0.2) is 0 Å². The summed E-state index contributed by atoms with van der Waals surface area (Å²) in [5.41, 5.74) is 2.02. The fraction of sp³-hybridized carbons (Fsp3) is 0.125. The predicted molar refractivity (Wildman–Crippen MR) is 46.7 cm³/mol. The molecule has 4 nitrogen and oxygen atoms in total. The zero-order valence-corrected chi connectivity index (χ0v) is 6.37. The first-order valence-electron chi connectivity index (χ1n) is 3.72. The Hall–Kier alpha value is -1.71. The largest absolute Gasteiger partial charge is 0.347 e. The minimum Gasteiger partial charge on any atom is -0.347 e. The molecule has 0 saturated heterocycles. The molecule has 4 heteroatoms. The quantitative estimate of drug-likeness (QED) is 0.558. The van der Waals surface area contributed by atoms with Gasteiger partial charge in [0.1, 0.15) is 0 Å². The molecule has 0 radical (unpaired) electrons. The zero-order chi connectivity index (χ0) is 8.39. The normalized spacial score (nSPS) is 14.3. The fourth-order valence-corrected chi connectivity index (χ4v) is 1.23. The van der Waals surface area contributed by atoms with Gasteiger partial charge in [-0.05, 0) is 12.1 Å². The van der Waals surface area contributed by atoms with E-state index < -0.39 is 0 Å². The fourth-order valence-electron chi connectivity index (χ4n) is 1.23. The van der Waals surface area contributed by atoms with Crippen LogP contribution in [0.3, 0.4) is 0 Å². The third-order valence-electron chi connectivity index (χ3n) is 1.76. The average molecular weight is 163 g/mol. The van der Waals surface area contributed by atoms with Crippen molar-refractivity contribution < 1.29 is 4.79 Å². The Morgan fingerprint density at radius 1 is 1.25 bits per heavy atom. The van der Waals surface area contributed by atoms with Gasteiger partial charge in [0.05, 0.1) is 11.4 Å². The summed E-state index contributed by atoms with van der Waals surface area (Å²) in [6, 6.07) is 7.79. The molecule has 1 aromatic rings. The Balaban J connectivity index is 2.16. The van der Waals surface area contributed by atoms with Crippen LogP contribution in [0.25, 0.3) is 0 Å². The molecule has 0 bridgehead atoms. The van der Waals surface area contributed by atoms with Crippen molar-refractivity contribution in [3.05, 3.63) is 24.3 Å². The first-order valence-corrected chi connectivity index (χ1v) is 3.72. The van der Waals surface area contributed by atoms with E-state index in [4.69, 9.17) is 0 Å². The van der Waals surface area contributed by atoms with E-state index in [1.165, 1.54) is 0 Å². The van der Waals surface area contributed by atoms with E-state index in [0.717, 1.165) is 11.4 Å². The first kappa shape index (κ1) is 6.97. The van der Waals surface area contributed by atoms with Gasteiger partial charge >= 0.3 is 0 Å². The third-order valence-corrected chi connectivity index (χ3v) is 1.76. The lowest BCUT2D eigenvalue weighted by atomic mass is 10.3. The molecule has 1 aliphatic heterocycles. The lowest BCUT2D eigenvalue weighted by Crippen LogP contribution is -2.37. The molecule has 0 aromatic heterocycles. The van der Waals surface area contributed by atoms with Gasteiger partial charge in [0.25, 0.3) is 0 Å². The van der Waals surface area contributed by atoms with Gasteiger partial charge < -0.3 is 16.0 Å². The van der Waals surface area contributed by atoms with Crippen LogP contribution in [0, 0.1) is 0 Å². The minimum atomic E-state index is -0.181. The Morgan fingerprint density at radius 2 is 1.83 bits per heavy atom. The number of carbonyl (C=O) groups excluding carboxylic acids is 1. The summed E-state index contributed by atoms with van der Waals surface area (Å²) in [5.74, 6) is 0. The van der Waals surface area contributed by atoms with Gasteiger partial charge in [-0.15, -0.1) is 0 Å². The maximum atomic E-state index is 10.1. The van der Waals surface area contributed by atoms with E-state index in [9.17, 15) is 4.79 Å². The number of amides is 1. The number of hydrogen-bond acceptors (Lipinski definition) is 3. The second kappa shape index (κ2) is 2.73. The standard InChI is InChI=1S/C8H9N3O/c12-5-9-8-10-6-3-1-2-4-7(6)11-8/h1-5,8,10-11H,(H,9,12). The Labute approximate surface area is 70.0 Å². The summed E-state index contributed by atoms with van der Waals surface area (Å²) in [6.07, 6.45) is 0.483. The summed E-state index contributed by atoms with van der Waals surface area (Å²) in [7, 11) is 0. The van der Waals surface area contributed by atoms with Gasteiger partial charge in [0, 0.05) is 0 Å². The molecule has 0 unspecified atom stereocenters. The molecular weight excluding hydrogens is 154 g/mol. The van der Waals surface area contributed by atoms with Crippen molar-refractivity contribution in [2.45, 2.75) is 6.29 Å². The summed E-state index contributed by atoms with van der Waals surface area (Å²) in [5, 5.41) is 8.75. The van der Waals surface area contributed by atoms with Crippen molar-refractivity contribution in [3.8, 4) is 0 Å². The highest BCUT2D eigenvalue weighted by Gasteiger charge is 2.16. The third kappa shape index (κ3) is 1.07. The van der Waals surface area contributed by atoms with Crippen molar-refractivity contribution in [2.75, 3.05) is 10.6 Å². The Kier molecular flexibility index (Phi) is 1.59. The predicted octanol–water partition coefficient (Wildman–Crippen LogP) is 0.554. The van der Waals surface area contributed by atoms with Gasteiger partial charge in [-0.1, -0.05) is 12.1 Å². The van der Waals surface area contributed by atoms with Crippen molar-refractivity contribution >= 4 is 17.8 Å². The molecule has 1 heterocycles. The molecule has 3 N–H and O–H groups in total. The molecule has 0 saturated carbocycles. The van der Waals surface area contributed by atoms with Gasteiger partial charge in [0.2, 0.25) is 6.41 Å². The van der Waals surface area contributed by atoms with Crippen LogP contribution in [0.2, 0.25) is 0 Å². The number of carbonyl (C=O) groups is 1. The number of hydrogen-bond donors (Lipinski definition) is 3. The molecule has 1 aliphatic rings. The number of para-hydroxylation sites is 2. The van der Waals surface area contributed by atoms with E-state index in [1.54, 1.807) is 0 Å². The second-order valence-corrected chi connectivity index (χ2v) is 2.55. The molecule has 1 aromatic carbocycles. The zero-order valence-electron chi connectivity index (χ0n) is 6.37. The first-order chi connectivity index (χ1) is 5.90. The Bertz CT molecular complexity index is 275. The molecule has 62 valence electrons. The van der Waals surface area contributed by atoms with Gasteiger partial charge in [0.15, 0.2) is 6.29 Å². The van der Waals surface area contributed by atoms with Crippen molar-refractivity contribution in [1.29, 1.82) is 0 Å². The molecule has 1 amide bonds. The maximum Gasteiger partial charge on any atom is 0.210 e. The van der Waals surface area contributed by atoms with E-state index in [2.05, 4.69) is 16.0 Å². The lowest BCUT2D eigenvalue weighted by Gasteiger charge is -2.09.